The highest BCUT2D eigenvalue weighted by Crippen LogP contribution is 2.48. The molecule has 1 aliphatic carbocycles. The number of likely N-dealkylation sites (tertiary alicyclic amines) is 1. The normalized spacial score (nSPS) is 22.2. The monoisotopic (exact) mass is 822 g/mol. The summed E-state index contributed by atoms with van der Waals surface area (Å²) in [6, 6.07) is 6.17. The summed E-state index contributed by atoms with van der Waals surface area (Å²) >= 11 is 0. The predicted octanol–water partition coefficient (Wildman–Crippen LogP) is 4.31. The number of imide groups is 2. The zero-order chi connectivity index (χ0) is 41.6. The summed E-state index contributed by atoms with van der Waals surface area (Å²) in [6.45, 7) is 5.54. The number of nitrogens with one attached hydrogen (secondary N) is 1. The van der Waals surface area contributed by atoms with Crippen LogP contribution in [0.2, 0.25) is 0 Å². The Morgan fingerprint density at radius 2 is 1.55 bits per heavy atom. The quantitative estimate of drug-likeness (QED) is 0.345. The standard InChI is InChI=1S/C44H48F2N8O6/c1-24(55)51-16-11-35-34(22-51)41(52-12-2-3-27-18-30(25-4-5-25)31(40(45)46)20-37(27)52)48-54(35)29-9-14-50(15-10-29)39(57)23-49-13-8-26-17-32-33(19-28(26)21-49)44(60)53(43(32)59)36-6-7-38(56)47-42(36)58/h17-20,25,29,36,40H,2-16,21-23H2,1H3,(H,47,56,58). The molecule has 3 fully saturated rings. The molecule has 1 atom stereocenters. The van der Waals surface area contributed by atoms with Gasteiger partial charge >= 0.3 is 0 Å². The number of benzene rings is 2. The van der Waals surface area contributed by atoms with Crippen LogP contribution in [-0.4, -0.2) is 110 Å². The van der Waals surface area contributed by atoms with Crippen molar-refractivity contribution in [2.24, 2.45) is 0 Å². The fraction of sp³-hybridized carbons (Fsp3) is 0.523. The fourth-order valence-electron chi connectivity index (χ4n) is 10.4. The fourth-order valence-corrected chi connectivity index (χ4v) is 10.4. The van der Waals surface area contributed by atoms with Crippen molar-refractivity contribution in [3.8, 4) is 0 Å². The van der Waals surface area contributed by atoms with Crippen molar-refractivity contribution in [3.05, 3.63) is 74.5 Å². The molecule has 60 heavy (non-hydrogen) atoms. The second kappa shape index (κ2) is 14.9. The molecule has 14 nitrogen and oxygen atoms in total. The lowest BCUT2D eigenvalue weighted by Crippen LogP contribution is -2.54. The van der Waals surface area contributed by atoms with Crippen molar-refractivity contribution in [1.29, 1.82) is 0 Å². The van der Waals surface area contributed by atoms with Gasteiger partial charge in [-0.1, -0.05) is 6.07 Å². The van der Waals surface area contributed by atoms with Gasteiger partial charge in [0.25, 0.3) is 18.2 Å². The molecule has 6 aliphatic heterocycles. The third-order valence-corrected chi connectivity index (χ3v) is 13.8. The van der Waals surface area contributed by atoms with Gasteiger partial charge in [0.1, 0.15) is 6.04 Å². The highest BCUT2D eigenvalue weighted by Gasteiger charge is 2.45. The summed E-state index contributed by atoms with van der Waals surface area (Å²) in [4.78, 5) is 86.3. The number of alkyl halides is 2. The molecule has 0 bridgehead atoms. The molecule has 1 N–H and O–H groups in total. The van der Waals surface area contributed by atoms with E-state index in [-0.39, 0.29) is 59.9 Å². The molecule has 1 saturated carbocycles. The van der Waals surface area contributed by atoms with Crippen LogP contribution < -0.4 is 10.2 Å². The second-order valence-electron chi connectivity index (χ2n) is 17.5. The first-order chi connectivity index (χ1) is 28.9. The minimum Gasteiger partial charge on any atom is -0.341 e. The largest absolute Gasteiger partial charge is 0.341 e. The Bertz CT molecular complexity index is 2370. The van der Waals surface area contributed by atoms with Gasteiger partial charge in [0.15, 0.2) is 5.82 Å². The van der Waals surface area contributed by atoms with Crippen LogP contribution >= 0.6 is 0 Å². The number of hydrogen-bond donors (Lipinski definition) is 1. The lowest BCUT2D eigenvalue weighted by Gasteiger charge is -2.36. The summed E-state index contributed by atoms with van der Waals surface area (Å²) in [7, 11) is 0. The van der Waals surface area contributed by atoms with Crippen LogP contribution in [0.25, 0.3) is 0 Å². The van der Waals surface area contributed by atoms with Crippen LogP contribution in [0.5, 0.6) is 0 Å². The SMILES string of the molecule is CC(=O)N1CCc2c(c(N3CCCc4cc(C5CC5)c(C(F)F)cc43)nn2C2CCN(C(=O)CN3CCc4cc5c(cc4C3)C(=O)N(C3CCC(=O)NC3=O)C5=O)CC2)C1. The number of nitrogens with zero attached hydrogens (tertiary/aromatic N) is 7. The van der Waals surface area contributed by atoms with Crippen LogP contribution in [0, 0.1) is 0 Å². The summed E-state index contributed by atoms with van der Waals surface area (Å²) in [5, 5.41) is 7.49. The molecule has 3 aromatic rings. The highest BCUT2D eigenvalue weighted by atomic mass is 19.3. The number of anilines is 2. The lowest BCUT2D eigenvalue weighted by atomic mass is 9.93. The molecule has 16 heteroatoms. The van der Waals surface area contributed by atoms with E-state index in [4.69, 9.17) is 5.10 Å². The molecule has 0 radical (unpaired) electrons. The molecule has 2 aromatic carbocycles. The second-order valence-corrected chi connectivity index (χ2v) is 17.5. The maximum Gasteiger partial charge on any atom is 0.264 e. The van der Waals surface area contributed by atoms with E-state index >= 15 is 0 Å². The summed E-state index contributed by atoms with van der Waals surface area (Å²) in [5.41, 5.74) is 7.10. The van der Waals surface area contributed by atoms with Crippen molar-refractivity contribution < 1.29 is 37.5 Å². The van der Waals surface area contributed by atoms with E-state index in [1.807, 2.05) is 15.9 Å². The van der Waals surface area contributed by atoms with Crippen LogP contribution in [0.3, 0.4) is 0 Å². The molecule has 7 aliphatic rings. The third-order valence-electron chi connectivity index (χ3n) is 13.8. The van der Waals surface area contributed by atoms with E-state index in [0.29, 0.717) is 71.5 Å². The smallest absolute Gasteiger partial charge is 0.264 e. The number of halogens is 2. The Hall–Kier alpha value is -5.51. The van der Waals surface area contributed by atoms with E-state index < -0.39 is 36.1 Å². The van der Waals surface area contributed by atoms with Gasteiger partial charge in [0, 0.05) is 81.5 Å². The molecular formula is C44H48F2N8O6. The van der Waals surface area contributed by atoms with Crippen molar-refractivity contribution in [3.63, 3.8) is 0 Å². The first-order valence-electron chi connectivity index (χ1n) is 21.4. The van der Waals surface area contributed by atoms with E-state index in [2.05, 4.69) is 19.8 Å². The number of aryl methyl sites for hydroxylation is 1. The van der Waals surface area contributed by atoms with Gasteiger partial charge in [-0.25, -0.2) is 8.78 Å². The van der Waals surface area contributed by atoms with E-state index in [1.54, 1.807) is 25.1 Å². The van der Waals surface area contributed by atoms with Gasteiger partial charge in [-0.15, -0.1) is 0 Å². The maximum atomic E-state index is 14.5. The maximum absolute atomic E-state index is 14.5. The third kappa shape index (κ3) is 6.67. The molecule has 1 unspecified atom stereocenters. The number of fused-ring (bicyclic) bond motifs is 4. The highest BCUT2D eigenvalue weighted by molar-refractivity contribution is 6.23. The average Bonchev–Trinajstić information content (AvgIpc) is 3.98. The minimum absolute atomic E-state index is 0.0129. The molecule has 314 valence electrons. The molecule has 10 rings (SSSR count). The molecular weight excluding hydrogens is 775 g/mol. The zero-order valence-electron chi connectivity index (χ0n) is 33.7. The molecule has 2 saturated heterocycles. The van der Waals surface area contributed by atoms with Crippen molar-refractivity contribution in [2.75, 3.05) is 44.2 Å². The average molecular weight is 823 g/mol. The van der Waals surface area contributed by atoms with Gasteiger partial charge < -0.3 is 14.7 Å². The van der Waals surface area contributed by atoms with Gasteiger partial charge in [0.05, 0.1) is 30.3 Å². The van der Waals surface area contributed by atoms with Crippen LogP contribution in [0.15, 0.2) is 24.3 Å². The van der Waals surface area contributed by atoms with E-state index in [0.717, 1.165) is 75.6 Å². The molecule has 6 amide bonds. The van der Waals surface area contributed by atoms with E-state index in [9.17, 15) is 37.5 Å². The molecule has 0 spiro atoms. The Morgan fingerprint density at radius 3 is 2.25 bits per heavy atom. The Balaban J connectivity index is 0.829. The van der Waals surface area contributed by atoms with E-state index in [1.165, 1.54) is 0 Å². The first kappa shape index (κ1) is 38.7. The topological polar surface area (TPSA) is 148 Å². The number of carbonyl (C=O) groups excluding carboxylic acids is 6. The number of amides is 6. The number of hydrogen-bond acceptors (Lipinski definition) is 9. The van der Waals surface area contributed by atoms with Crippen LogP contribution in [0.1, 0.15) is 130 Å². The van der Waals surface area contributed by atoms with Gasteiger partial charge in [-0.2, -0.15) is 5.10 Å². The Kier molecular flexibility index (Phi) is 9.60. The first-order valence-corrected chi connectivity index (χ1v) is 21.4. The van der Waals surface area contributed by atoms with Crippen molar-refractivity contribution in [2.45, 2.75) is 109 Å². The predicted molar refractivity (Wildman–Crippen MR) is 213 cm³/mol. The number of aromatic nitrogens is 2. The zero-order valence-corrected chi connectivity index (χ0v) is 33.7. The van der Waals surface area contributed by atoms with Gasteiger partial charge in [-0.3, -0.25) is 48.6 Å². The lowest BCUT2D eigenvalue weighted by molar-refractivity contribution is -0.136. The van der Waals surface area contributed by atoms with Crippen LogP contribution in [-0.2, 0) is 51.5 Å². The van der Waals surface area contributed by atoms with Gasteiger partial charge in [-0.05, 0) is 97.7 Å². The van der Waals surface area contributed by atoms with Crippen molar-refractivity contribution >= 4 is 46.9 Å². The van der Waals surface area contributed by atoms with Crippen molar-refractivity contribution in [1.82, 2.24) is 34.7 Å². The summed E-state index contributed by atoms with van der Waals surface area (Å²) in [5.74, 6) is -1.20. The summed E-state index contributed by atoms with van der Waals surface area (Å²) < 4.78 is 31.0. The van der Waals surface area contributed by atoms with Gasteiger partial charge in [0.2, 0.25) is 23.6 Å². The number of piperidine rings is 2. The number of carbonyl (C=O) groups is 6. The Morgan fingerprint density at radius 1 is 0.800 bits per heavy atom. The molecule has 7 heterocycles. The summed E-state index contributed by atoms with van der Waals surface area (Å²) in [6.07, 6.45) is 3.79. The minimum atomic E-state index is -2.56. The number of rotatable bonds is 7. The Labute approximate surface area is 345 Å². The molecule has 1 aromatic heterocycles. The van der Waals surface area contributed by atoms with Crippen LogP contribution in [0.4, 0.5) is 20.3 Å².